The van der Waals surface area contributed by atoms with E-state index in [9.17, 15) is 14.7 Å². The average molecular weight is 363 g/mol. The summed E-state index contributed by atoms with van der Waals surface area (Å²) in [4.78, 5) is 24.8. The number of methoxy groups -OCH3 is 1. The van der Waals surface area contributed by atoms with Gasteiger partial charge < -0.3 is 24.2 Å². The summed E-state index contributed by atoms with van der Waals surface area (Å²) in [5.41, 5.74) is 0.835. The Morgan fingerprint density at radius 2 is 2.00 bits per heavy atom. The molecule has 1 saturated carbocycles. The number of hydrogen-bond donors (Lipinski definition) is 1. The van der Waals surface area contributed by atoms with Crippen molar-refractivity contribution in [2.24, 2.45) is 5.92 Å². The van der Waals surface area contributed by atoms with Gasteiger partial charge in [0.05, 0.1) is 19.1 Å². The molecule has 2 unspecified atom stereocenters. The van der Waals surface area contributed by atoms with Gasteiger partial charge in [-0.2, -0.15) is 0 Å². The largest absolute Gasteiger partial charge is 0.481 e. The third-order valence-corrected chi connectivity index (χ3v) is 5.19. The molecule has 1 amide bonds. The third-order valence-electron chi connectivity index (χ3n) is 5.19. The Morgan fingerprint density at radius 3 is 2.69 bits per heavy atom. The Labute approximate surface area is 152 Å². The van der Waals surface area contributed by atoms with Gasteiger partial charge in [0.15, 0.2) is 6.79 Å². The van der Waals surface area contributed by atoms with Gasteiger partial charge in [-0.1, -0.05) is 25.0 Å². The molecule has 0 spiro atoms. The molecule has 0 bridgehead atoms. The zero-order valence-electron chi connectivity index (χ0n) is 14.9. The van der Waals surface area contributed by atoms with E-state index in [0.717, 1.165) is 18.4 Å². The molecular weight excluding hydrogens is 338 g/mol. The topological polar surface area (TPSA) is 85.3 Å². The SMILES string of the molecule is COC(=O)N1CC(C(=O)O)C(c2cccc(OCOC3CCCC3)c2)C1. The van der Waals surface area contributed by atoms with Gasteiger partial charge in [-0.25, -0.2) is 4.79 Å². The molecule has 1 N–H and O–H groups in total. The van der Waals surface area contributed by atoms with Gasteiger partial charge >= 0.3 is 12.1 Å². The molecular formula is C19H25NO6. The summed E-state index contributed by atoms with van der Waals surface area (Å²) in [5.74, 6) is -1.25. The number of carbonyl (C=O) groups excluding carboxylic acids is 1. The molecule has 2 aliphatic rings. The fourth-order valence-electron chi connectivity index (χ4n) is 3.76. The van der Waals surface area contributed by atoms with Gasteiger partial charge in [0.1, 0.15) is 5.75 Å². The lowest BCUT2D eigenvalue weighted by Crippen LogP contribution is -2.29. The maximum absolute atomic E-state index is 11.8. The number of carbonyl (C=O) groups is 2. The zero-order valence-corrected chi connectivity index (χ0v) is 14.9. The number of benzene rings is 1. The molecule has 1 aromatic carbocycles. The van der Waals surface area contributed by atoms with Crippen LogP contribution in [0.1, 0.15) is 37.2 Å². The Morgan fingerprint density at radius 1 is 1.23 bits per heavy atom. The highest BCUT2D eigenvalue weighted by Crippen LogP contribution is 2.34. The van der Waals surface area contributed by atoms with Crippen LogP contribution in [0.3, 0.4) is 0 Å². The predicted octanol–water partition coefficient (Wildman–Crippen LogP) is 2.85. The van der Waals surface area contributed by atoms with Crippen LogP contribution in [0.2, 0.25) is 0 Å². The molecule has 1 saturated heterocycles. The minimum atomic E-state index is -0.919. The van der Waals surface area contributed by atoms with Crippen LogP contribution in [-0.2, 0) is 14.3 Å². The van der Waals surface area contributed by atoms with Crippen molar-refractivity contribution < 1.29 is 28.9 Å². The molecule has 2 atom stereocenters. The number of nitrogens with zero attached hydrogens (tertiary/aromatic N) is 1. The van der Waals surface area contributed by atoms with Crippen LogP contribution in [0.4, 0.5) is 4.79 Å². The van der Waals surface area contributed by atoms with E-state index >= 15 is 0 Å². The van der Waals surface area contributed by atoms with Crippen LogP contribution in [0, 0.1) is 5.92 Å². The first-order valence-electron chi connectivity index (χ1n) is 8.98. The molecule has 7 nitrogen and oxygen atoms in total. The zero-order chi connectivity index (χ0) is 18.5. The van der Waals surface area contributed by atoms with Crippen LogP contribution < -0.4 is 4.74 Å². The van der Waals surface area contributed by atoms with Crippen molar-refractivity contribution in [2.75, 3.05) is 27.0 Å². The molecule has 0 aromatic heterocycles. The van der Waals surface area contributed by atoms with Crippen molar-refractivity contribution >= 4 is 12.1 Å². The van der Waals surface area contributed by atoms with Crippen molar-refractivity contribution in [3.63, 3.8) is 0 Å². The van der Waals surface area contributed by atoms with E-state index in [4.69, 9.17) is 14.2 Å². The Hall–Kier alpha value is -2.28. The second kappa shape index (κ2) is 8.40. The van der Waals surface area contributed by atoms with E-state index in [2.05, 4.69) is 0 Å². The molecule has 26 heavy (non-hydrogen) atoms. The van der Waals surface area contributed by atoms with Gasteiger partial charge in [0.25, 0.3) is 0 Å². The summed E-state index contributed by atoms with van der Waals surface area (Å²) in [6.07, 6.45) is 4.34. The molecule has 0 radical (unpaired) electrons. The van der Waals surface area contributed by atoms with Crippen LogP contribution in [0.15, 0.2) is 24.3 Å². The standard InChI is InChI=1S/C19H25NO6/c1-24-19(23)20-10-16(17(11-20)18(21)22)13-5-4-8-15(9-13)26-12-25-14-6-2-3-7-14/h4-5,8-9,14,16-17H,2-3,6-7,10-12H2,1H3,(H,21,22). The van der Waals surface area contributed by atoms with E-state index in [-0.39, 0.29) is 25.4 Å². The van der Waals surface area contributed by atoms with Crippen molar-refractivity contribution in [2.45, 2.75) is 37.7 Å². The summed E-state index contributed by atoms with van der Waals surface area (Å²) in [5, 5.41) is 9.52. The van der Waals surface area contributed by atoms with Gasteiger partial charge in [0.2, 0.25) is 0 Å². The number of hydrogen-bond acceptors (Lipinski definition) is 5. The Bertz CT molecular complexity index is 643. The summed E-state index contributed by atoms with van der Waals surface area (Å²) >= 11 is 0. The molecule has 1 aliphatic heterocycles. The summed E-state index contributed by atoms with van der Waals surface area (Å²) in [7, 11) is 1.30. The highest BCUT2D eigenvalue weighted by Gasteiger charge is 2.41. The van der Waals surface area contributed by atoms with Crippen LogP contribution in [-0.4, -0.2) is 55.2 Å². The molecule has 1 aromatic rings. The number of carboxylic acids is 1. The second-order valence-electron chi connectivity index (χ2n) is 6.83. The molecule has 3 rings (SSSR count). The molecule has 1 heterocycles. The van der Waals surface area contributed by atoms with Crippen LogP contribution in [0.5, 0.6) is 5.75 Å². The number of carboxylic acid groups (broad SMARTS) is 1. The average Bonchev–Trinajstić information content (AvgIpc) is 3.31. The Kier molecular flexibility index (Phi) is 5.98. The summed E-state index contributed by atoms with van der Waals surface area (Å²) in [6, 6.07) is 7.36. The lowest BCUT2D eigenvalue weighted by atomic mass is 9.89. The lowest BCUT2D eigenvalue weighted by molar-refractivity contribution is -0.141. The molecule has 7 heteroatoms. The first-order chi connectivity index (χ1) is 12.6. The molecule has 1 aliphatic carbocycles. The number of rotatable bonds is 6. The van der Waals surface area contributed by atoms with Crippen LogP contribution in [0.25, 0.3) is 0 Å². The summed E-state index contributed by atoms with van der Waals surface area (Å²) in [6.45, 7) is 0.643. The smallest absolute Gasteiger partial charge is 0.409 e. The van der Waals surface area contributed by atoms with Gasteiger partial charge in [0, 0.05) is 19.0 Å². The minimum Gasteiger partial charge on any atom is -0.481 e. The first kappa shape index (κ1) is 18.5. The van der Waals surface area contributed by atoms with Crippen molar-refractivity contribution in [1.82, 2.24) is 4.90 Å². The van der Waals surface area contributed by atoms with Crippen LogP contribution >= 0.6 is 0 Å². The molecule has 2 fully saturated rings. The van der Waals surface area contributed by atoms with Crippen molar-refractivity contribution in [3.8, 4) is 5.75 Å². The van der Waals surface area contributed by atoms with E-state index < -0.39 is 18.0 Å². The quantitative estimate of drug-likeness (QED) is 0.782. The third kappa shape index (κ3) is 4.27. The van der Waals surface area contributed by atoms with E-state index in [1.807, 2.05) is 24.3 Å². The first-order valence-corrected chi connectivity index (χ1v) is 8.98. The van der Waals surface area contributed by atoms with Gasteiger partial charge in [-0.05, 0) is 30.5 Å². The Balaban J connectivity index is 1.65. The summed E-state index contributed by atoms with van der Waals surface area (Å²) < 4.78 is 16.1. The normalized spacial score (nSPS) is 23.2. The number of likely N-dealkylation sites (tertiary alicyclic amines) is 1. The fourth-order valence-corrected chi connectivity index (χ4v) is 3.76. The molecule has 142 valence electrons. The minimum absolute atomic E-state index is 0.141. The number of amides is 1. The monoisotopic (exact) mass is 363 g/mol. The fraction of sp³-hybridized carbons (Fsp3) is 0.579. The maximum Gasteiger partial charge on any atom is 0.409 e. The van der Waals surface area contributed by atoms with Gasteiger partial charge in [-0.15, -0.1) is 0 Å². The predicted molar refractivity (Wildman–Crippen MR) is 93.1 cm³/mol. The lowest BCUT2D eigenvalue weighted by Gasteiger charge is -2.17. The van der Waals surface area contributed by atoms with Crippen molar-refractivity contribution in [1.29, 1.82) is 0 Å². The van der Waals surface area contributed by atoms with Crippen molar-refractivity contribution in [3.05, 3.63) is 29.8 Å². The number of aliphatic carboxylic acids is 1. The van der Waals surface area contributed by atoms with E-state index in [1.54, 1.807) is 0 Å². The highest BCUT2D eigenvalue weighted by atomic mass is 16.7. The highest BCUT2D eigenvalue weighted by molar-refractivity contribution is 5.75. The van der Waals surface area contributed by atoms with E-state index in [0.29, 0.717) is 12.3 Å². The van der Waals surface area contributed by atoms with E-state index in [1.165, 1.54) is 24.9 Å². The number of ether oxygens (including phenoxy) is 3. The van der Waals surface area contributed by atoms with Gasteiger partial charge in [-0.3, -0.25) is 4.79 Å². The second-order valence-corrected chi connectivity index (χ2v) is 6.83. The maximum atomic E-state index is 11.8.